The third-order valence-electron chi connectivity index (χ3n) is 3.27. The second-order valence-corrected chi connectivity index (χ2v) is 6.22. The number of nitrogens with one attached hydrogen (secondary N) is 1. The highest BCUT2D eigenvalue weighted by molar-refractivity contribution is 9.10. The van der Waals surface area contributed by atoms with Crippen molar-refractivity contribution in [2.24, 2.45) is 5.10 Å². The van der Waals surface area contributed by atoms with Crippen molar-refractivity contribution in [3.05, 3.63) is 63.3 Å². The third kappa shape index (κ3) is 3.80. The molecule has 0 fully saturated rings. The predicted octanol–water partition coefficient (Wildman–Crippen LogP) is 4.65. The number of rotatable bonds is 5. The van der Waals surface area contributed by atoms with Gasteiger partial charge in [0.25, 0.3) is 0 Å². The maximum atomic E-state index is 5.46. The summed E-state index contributed by atoms with van der Waals surface area (Å²) in [5, 5.41) is 11.5. The van der Waals surface area contributed by atoms with Gasteiger partial charge in [0.05, 0.1) is 12.8 Å². The van der Waals surface area contributed by atoms with Gasteiger partial charge < -0.3 is 4.74 Å². The van der Waals surface area contributed by atoms with Gasteiger partial charge in [-0.3, -0.25) is 0 Å². The number of hydrogen-bond acceptors (Lipinski definition) is 4. The van der Waals surface area contributed by atoms with Gasteiger partial charge in [0.15, 0.2) is 5.82 Å². The Balaban J connectivity index is 1.91. The van der Waals surface area contributed by atoms with Crippen LogP contribution in [0.15, 0.2) is 58.1 Å². The van der Waals surface area contributed by atoms with Gasteiger partial charge in [-0.1, -0.05) is 28.1 Å². The number of hydrogen-bond donors (Lipinski definition) is 1. The SMILES string of the molecule is CCOc1ccc(-c2n[nH]c(=S)n2/N=C/c2ccc(Br)cc2)cc1. The van der Waals surface area contributed by atoms with Crippen molar-refractivity contribution in [3.8, 4) is 17.1 Å². The molecule has 3 rings (SSSR count). The zero-order valence-electron chi connectivity index (χ0n) is 12.9. The van der Waals surface area contributed by atoms with Crippen LogP contribution in [0.1, 0.15) is 12.5 Å². The monoisotopic (exact) mass is 402 g/mol. The number of nitrogens with zero attached hydrogens (tertiary/aromatic N) is 3. The van der Waals surface area contributed by atoms with Crippen molar-refractivity contribution >= 4 is 34.4 Å². The molecular formula is C17H15BrN4OS. The summed E-state index contributed by atoms with van der Waals surface area (Å²) in [6.45, 7) is 2.59. The lowest BCUT2D eigenvalue weighted by Crippen LogP contribution is -1.96. The molecule has 0 aliphatic rings. The van der Waals surface area contributed by atoms with Gasteiger partial charge in [0.1, 0.15) is 5.75 Å². The summed E-state index contributed by atoms with van der Waals surface area (Å²) in [4.78, 5) is 0. The zero-order chi connectivity index (χ0) is 16.9. The number of halogens is 1. The summed E-state index contributed by atoms with van der Waals surface area (Å²) in [6, 6.07) is 15.5. The molecule has 122 valence electrons. The number of ether oxygens (including phenoxy) is 1. The Morgan fingerprint density at radius 3 is 2.58 bits per heavy atom. The standard InChI is InChI=1S/C17H15BrN4OS/c1-2-23-15-9-5-13(6-10-15)16-20-21-17(24)22(16)19-11-12-3-7-14(18)8-4-12/h3-11H,2H2,1H3,(H,21,24)/b19-11+. The van der Waals surface area contributed by atoms with Crippen molar-refractivity contribution in [2.45, 2.75) is 6.92 Å². The minimum absolute atomic E-state index is 0.437. The molecule has 0 aliphatic carbocycles. The van der Waals surface area contributed by atoms with E-state index in [9.17, 15) is 0 Å². The van der Waals surface area contributed by atoms with Crippen LogP contribution in [0.4, 0.5) is 0 Å². The molecular weight excluding hydrogens is 388 g/mol. The van der Waals surface area contributed by atoms with Crippen molar-refractivity contribution in [2.75, 3.05) is 6.61 Å². The van der Waals surface area contributed by atoms with Crippen LogP contribution in [0.5, 0.6) is 5.75 Å². The normalized spacial score (nSPS) is 11.1. The minimum Gasteiger partial charge on any atom is -0.494 e. The molecule has 0 amide bonds. The van der Waals surface area contributed by atoms with Crippen LogP contribution in [-0.2, 0) is 0 Å². The second-order valence-electron chi connectivity index (χ2n) is 4.92. The minimum atomic E-state index is 0.437. The quantitative estimate of drug-likeness (QED) is 0.498. The van der Waals surface area contributed by atoms with Gasteiger partial charge in [-0.25, -0.2) is 5.10 Å². The summed E-state index contributed by atoms with van der Waals surface area (Å²) in [7, 11) is 0. The highest BCUT2D eigenvalue weighted by Crippen LogP contribution is 2.21. The molecule has 0 unspecified atom stereocenters. The van der Waals surface area contributed by atoms with E-state index in [0.717, 1.165) is 21.3 Å². The number of aromatic nitrogens is 3. The van der Waals surface area contributed by atoms with Gasteiger partial charge in [-0.2, -0.15) is 14.9 Å². The lowest BCUT2D eigenvalue weighted by molar-refractivity contribution is 0.340. The van der Waals surface area contributed by atoms with Gasteiger partial charge in [-0.15, -0.1) is 0 Å². The van der Waals surface area contributed by atoms with E-state index in [0.29, 0.717) is 17.2 Å². The molecule has 0 spiro atoms. The highest BCUT2D eigenvalue weighted by atomic mass is 79.9. The molecule has 0 radical (unpaired) electrons. The lowest BCUT2D eigenvalue weighted by atomic mass is 10.2. The first-order chi connectivity index (χ1) is 11.7. The predicted molar refractivity (Wildman–Crippen MR) is 101 cm³/mol. The van der Waals surface area contributed by atoms with E-state index in [4.69, 9.17) is 17.0 Å². The van der Waals surface area contributed by atoms with E-state index in [-0.39, 0.29) is 0 Å². The van der Waals surface area contributed by atoms with Gasteiger partial charge in [0.2, 0.25) is 4.77 Å². The van der Waals surface area contributed by atoms with Gasteiger partial charge in [0, 0.05) is 10.0 Å². The molecule has 2 aromatic carbocycles. The fraction of sp³-hybridized carbons (Fsp3) is 0.118. The maximum absolute atomic E-state index is 5.46. The molecule has 0 bridgehead atoms. The van der Waals surface area contributed by atoms with Crippen molar-refractivity contribution in [1.29, 1.82) is 0 Å². The second kappa shape index (κ2) is 7.55. The first-order valence-electron chi connectivity index (χ1n) is 7.38. The smallest absolute Gasteiger partial charge is 0.216 e. The van der Waals surface area contributed by atoms with E-state index in [1.807, 2.05) is 55.5 Å². The highest BCUT2D eigenvalue weighted by Gasteiger charge is 2.08. The van der Waals surface area contributed by atoms with Crippen LogP contribution in [0.2, 0.25) is 0 Å². The summed E-state index contributed by atoms with van der Waals surface area (Å²) < 4.78 is 8.52. The molecule has 1 heterocycles. The fourth-order valence-electron chi connectivity index (χ4n) is 2.13. The molecule has 7 heteroatoms. The molecule has 5 nitrogen and oxygen atoms in total. The molecule has 3 aromatic rings. The molecule has 0 aliphatic heterocycles. The Labute approximate surface area is 153 Å². The Bertz CT molecular complexity index is 898. The summed E-state index contributed by atoms with van der Waals surface area (Å²) in [5.41, 5.74) is 1.87. The topological polar surface area (TPSA) is 55.2 Å². The molecule has 24 heavy (non-hydrogen) atoms. The van der Waals surface area contributed by atoms with Gasteiger partial charge in [-0.05, 0) is 61.1 Å². The Kier molecular flexibility index (Phi) is 5.22. The maximum Gasteiger partial charge on any atom is 0.216 e. The van der Waals surface area contributed by atoms with Crippen molar-refractivity contribution < 1.29 is 4.74 Å². The van der Waals surface area contributed by atoms with Crippen LogP contribution in [0, 0.1) is 4.77 Å². The molecule has 0 saturated carbocycles. The summed E-state index contributed by atoms with van der Waals surface area (Å²) in [5.74, 6) is 1.47. The van der Waals surface area contributed by atoms with Crippen LogP contribution in [0.3, 0.4) is 0 Å². The van der Waals surface area contributed by atoms with Crippen LogP contribution < -0.4 is 4.74 Å². The molecule has 0 atom stereocenters. The zero-order valence-corrected chi connectivity index (χ0v) is 15.3. The molecule has 1 N–H and O–H groups in total. The van der Waals surface area contributed by atoms with E-state index < -0.39 is 0 Å². The Hall–Kier alpha value is -2.25. The average molecular weight is 403 g/mol. The number of benzene rings is 2. The van der Waals surface area contributed by atoms with E-state index in [2.05, 4.69) is 31.2 Å². The molecule has 0 saturated heterocycles. The van der Waals surface area contributed by atoms with Crippen LogP contribution >= 0.6 is 28.1 Å². The van der Waals surface area contributed by atoms with E-state index in [1.165, 1.54) is 0 Å². The third-order valence-corrected chi connectivity index (χ3v) is 4.06. The Morgan fingerprint density at radius 2 is 1.92 bits per heavy atom. The van der Waals surface area contributed by atoms with Crippen LogP contribution in [0.25, 0.3) is 11.4 Å². The van der Waals surface area contributed by atoms with Gasteiger partial charge >= 0.3 is 0 Å². The van der Waals surface area contributed by atoms with Crippen molar-refractivity contribution in [3.63, 3.8) is 0 Å². The fourth-order valence-corrected chi connectivity index (χ4v) is 2.57. The first kappa shape index (κ1) is 16.6. The number of aromatic amines is 1. The van der Waals surface area contributed by atoms with Crippen LogP contribution in [-0.4, -0.2) is 27.7 Å². The van der Waals surface area contributed by atoms with Crippen molar-refractivity contribution in [1.82, 2.24) is 14.9 Å². The largest absolute Gasteiger partial charge is 0.494 e. The summed E-state index contributed by atoms with van der Waals surface area (Å²) in [6.07, 6.45) is 1.75. The van der Waals surface area contributed by atoms with E-state index in [1.54, 1.807) is 10.9 Å². The summed E-state index contributed by atoms with van der Waals surface area (Å²) >= 11 is 8.69. The Morgan fingerprint density at radius 1 is 1.21 bits per heavy atom. The first-order valence-corrected chi connectivity index (χ1v) is 8.58. The lowest BCUT2D eigenvalue weighted by Gasteiger charge is -2.04. The van der Waals surface area contributed by atoms with E-state index >= 15 is 0 Å². The average Bonchev–Trinajstić information content (AvgIpc) is 2.96. The number of H-pyrrole nitrogens is 1. The molecule has 1 aromatic heterocycles.